The van der Waals surface area contributed by atoms with E-state index in [0.29, 0.717) is 13.0 Å². The van der Waals surface area contributed by atoms with Crippen molar-refractivity contribution in [3.05, 3.63) is 17.0 Å². The van der Waals surface area contributed by atoms with E-state index in [1.807, 2.05) is 25.6 Å². The summed E-state index contributed by atoms with van der Waals surface area (Å²) in [6.45, 7) is 4.51. The van der Waals surface area contributed by atoms with Gasteiger partial charge in [-0.3, -0.25) is 4.68 Å². The van der Waals surface area contributed by atoms with Gasteiger partial charge in [0, 0.05) is 30.9 Å². The van der Waals surface area contributed by atoms with E-state index < -0.39 is 12.1 Å². The Bertz CT molecular complexity index is 465. The lowest BCUT2D eigenvalue weighted by Crippen LogP contribution is -2.38. The van der Waals surface area contributed by atoms with Gasteiger partial charge in [0.25, 0.3) is 0 Å². The highest BCUT2D eigenvalue weighted by Crippen LogP contribution is 2.37. The summed E-state index contributed by atoms with van der Waals surface area (Å²) in [4.78, 5) is 0. The second-order valence-electron chi connectivity index (χ2n) is 5.76. The molecule has 6 heteroatoms. The van der Waals surface area contributed by atoms with Crippen LogP contribution in [0.2, 0.25) is 0 Å². The molecule has 1 aliphatic rings. The highest BCUT2D eigenvalue weighted by Gasteiger charge is 2.42. The highest BCUT2D eigenvalue weighted by molar-refractivity contribution is 5.24. The molecule has 1 aromatic heterocycles. The number of nitrogens with zero attached hydrogens (tertiary/aromatic N) is 2. The first-order valence-corrected chi connectivity index (χ1v) is 7.08. The summed E-state index contributed by atoms with van der Waals surface area (Å²) in [6.07, 6.45) is -2.12. The summed E-state index contributed by atoms with van der Waals surface area (Å²) in [5, 5.41) is 7.61. The second kappa shape index (κ2) is 5.76. The molecule has 0 amide bonds. The zero-order chi connectivity index (χ0) is 14.9. The monoisotopic (exact) mass is 289 g/mol. The van der Waals surface area contributed by atoms with Gasteiger partial charge in [0.15, 0.2) is 0 Å². The maximum atomic E-state index is 12.8. The Morgan fingerprint density at radius 2 is 2.00 bits per heavy atom. The Labute approximate surface area is 117 Å². The van der Waals surface area contributed by atoms with Crippen molar-refractivity contribution in [3.8, 4) is 0 Å². The van der Waals surface area contributed by atoms with Crippen molar-refractivity contribution in [2.45, 2.75) is 58.3 Å². The average Bonchev–Trinajstić information content (AvgIpc) is 2.61. The predicted molar refractivity (Wildman–Crippen MR) is 71.3 cm³/mol. The van der Waals surface area contributed by atoms with Crippen LogP contribution >= 0.6 is 0 Å². The highest BCUT2D eigenvalue weighted by atomic mass is 19.4. The number of hydrogen-bond acceptors (Lipinski definition) is 2. The molecule has 2 atom stereocenters. The van der Waals surface area contributed by atoms with Crippen LogP contribution in [-0.4, -0.2) is 22.0 Å². The Kier molecular flexibility index (Phi) is 4.42. The Hall–Kier alpha value is -1.04. The second-order valence-corrected chi connectivity index (χ2v) is 5.76. The van der Waals surface area contributed by atoms with Crippen LogP contribution in [0.25, 0.3) is 0 Å². The molecule has 2 rings (SSSR count). The standard InChI is InChI=1S/C14H22F3N3/c1-9-13(10(2)20(3)19-9)8-18-12-6-4-5-11(7-12)14(15,16)17/h11-12,18H,4-8H2,1-3H3/t11-,12+/m0/s1. The molecule has 0 spiro atoms. The molecular formula is C14H22F3N3. The van der Waals surface area contributed by atoms with E-state index >= 15 is 0 Å². The van der Waals surface area contributed by atoms with E-state index in [-0.39, 0.29) is 18.9 Å². The Morgan fingerprint density at radius 1 is 1.30 bits per heavy atom. The van der Waals surface area contributed by atoms with Gasteiger partial charge in [0.2, 0.25) is 0 Å². The first-order chi connectivity index (χ1) is 9.29. The molecular weight excluding hydrogens is 267 g/mol. The SMILES string of the molecule is Cc1nn(C)c(C)c1CN[C@@H]1CCC[C@H](C(F)(F)F)C1. The van der Waals surface area contributed by atoms with Gasteiger partial charge in [-0.1, -0.05) is 6.42 Å². The summed E-state index contributed by atoms with van der Waals surface area (Å²) in [6, 6.07) is -0.0469. The maximum Gasteiger partial charge on any atom is 0.391 e. The first-order valence-electron chi connectivity index (χ1n) is 7.08. The summed E-state index contributed by atoms with van der Waals surface area (Å²) in [7, 11) is 1.88. The lowest BCUT2D eigenvalue weighted by atomic mass is 9.85. The molecule has 0 saturated heterocycles. The van der Waals surface area contributed by atoms with Crippen LogP contribution in [-0.2, 0) is 13.6 Å². The van der Waals surface area contributed by atoms with Gasteiger partial charge in [0.05, 0.1) is 11.6 Å². The zero-order valence-corrected chi connectivity index (χ0v) is 12.2. The zero-order valence-electron chi connectivity index (χ0n) is 12.2. The van der Waals surface area contributed by atoms with Gasteiger partial charge in [-0.2, -0.15) is 18.3 Å². The summed E-state index contributed by atoms with van der Waals surface area (Å²) < 4.78 is 40.1. The van der Waals surface area contributed by atoms with E-state index in [0.717, 1.165) is 23.4 Å². The van der Waals surface area contributed by atoms with Crippen molar-refractivity contribution in [1.82, 2.24) is 15.1 Å². The minimum Gasteiger partial charge on any atom is -0.310 e. The van der Waals surface area contributed by atoms with Crippen LogP contribution < -0.4 is 5.32 Å². The number of aryl methyl sites for hydroxylation is 2. The van der Waals surface area contributed by atoms with Gasteiger partial charge in [-0.15, -0.1) is 0 Å². The Morgan fingerprint density at radius 3 is 2.55 bits per heavy atom. The van der Waals surface area contributed by atoms with E-state index in [2.05, 4.69) is 10.4 Å². The van der Waals surface area contributed by atoms with E-state index in [1.54, 1.807) is 0 Å². The minimum absolute atomic E-state index is 0.0469. The fourth-order valence-electron chi connectivity index (χ4n) is 2.99. The van der Waals surface area contributed by atoms with Gasteiger partial charge >= 0.3 is 6.18 Å². The van der Waals surface area contributed by atoms with Crippen molar-refractivity contribution in [1.29, 1.82) is 0 Å². The lowest BCUT2D eigenvalue weighted by Gasteiger charge is -2.31. The third-order valence-corrected chi connectivity index (χ3v) is 4.36. The minimum atomic E-state index is -4.06. The third-order valence-electron chi connectivity index (χ3n) is 4.36. The fraction of sp³-hybridized carbons (Fsp3) is 0.786. The third kappa shape index (κ3) is 3.34. The topological polar surface area (TPSA) is 29.9 Å². The molecule has 1 saturated carbocycles. The van der Waals surface area contributed by atoms with Crippen molar-refractivity contribution < 1.29 is 13.2 Å². The van der Waals surface area contributed by atoms with Crippen molar-refractivity contribution >= 4 is 0 Å². The molecule has 0 bridgehead atoms. The Balaban J connectivity index is 1.94. The normalized spacial score (nSPS) is 24.1. The smallest absolute Gasteiger partial charge is 0.310 e. The first kappa shape index (κ1) is 15.4. The number of hydrogen-bond donors (Lipinski definition) is 1. The molecule has 1 fully saturated rings. The van der Waals surface area contributed by atoms with Crippen molar-refractivity contribution in [2.24, 2.45) is 13.0 Å². The molecule has 1 aromatic rings. The molecule has 0 aliphatic heterocycles. The van der Waals surface area contributed by atoms with Crippen LogP contribution in [0.4, 0.5) is 13.2 Å². The van der Waals surface area contributed by atoms with Crippen LogP contribution in [0.15, 0.2) is 0 Å². The summed E-state index contributed by atoms with van der Waals surface area (Å²) in [5.41, 5.74) is 3.11. The van der Waals surface area contributed by atoms with Gasteiger partial charge in [-0.25, -0.2) is 0 Å². The van der Waals surface area contributed by atoms with Crippen LogP contribution in [0.5, 0.6) is 0 Å². The predicted octanol–water partition coefficient (Wildman–Crippen LogP) is 3.25. The number of aromatic nitrogens is 2. The molecule has 0 radical (unpaired) electrons. The number of alkyl halides is 3. The number of nitrogens with one attached hydrogen (secondary N) is 1. The maximum absolute atomic E-state index is 12.8. The van der Waals surface area contributed by atoms with E-state index in [1.165, 1.54) is 0 Å². The molecule has 114 valence electrons. The average molecular weight is 289 g/mol. The van der Waals surface area contributed by atoms with Crippen LogP contribution in [0.3, 0.4) is 0 Å². The molecule has 1 heterocycles. The summed E-state index contributed by atoms with van der Waals surface area (Å²) in [5.74, 6) is -1.15. The van der Waals surface area contributed by atoms with Crippen molar-refractivity contribution in [2.75, 3.05) is 0 Å². The number of halogens is 3. The van der Waals surface area contributed by atoms with Crippen LogP contribution in [0.1, 0.15) is 42.6 Å². The van der Waals surface area contributed by atoms with Gasteiger partial charge in [-0.05, 0) is 33.1 Å². The lowest BCUT2D eigenvalue weighted by molar-refractivity contribution is -0.183. The van der Waals surface area contributed by atoms with Crippen LogP contribution in [0, 0.1) is 19.8 Å². The molecule has 0 aromatic carbocycles. The molecule has 0 unspecified atom stereocenters. The van der Waals surface area contributed by atoms with Gasteiger partial charge in [0.1, 0.15) is 0 Å². The molecule has 20 heavy (non-hydrogen) atoms. The van der Waals surface area contributed by atoms with Gasteiger partial charge < -0.3 is 5.32 Å². The quantitative estimate of drug-likeness (QED) is 0.925. The molecule has 1 aliphatic carbocycles. The number of rotatable bonds is 3. The fourth-order valence-corrected chi connectivity index (χ4v) is 2.99. The van der Waals surface area contributed by atoms with Crippen molar-refractivity contribution in [3.63, 3.8) is 0 Å². The largest absolute Gasteiger partial charge is 0.391 e. The van der Waals surface area contributed by atoms with E-state index in [9.17, 15) is 13.2 Å². The molecule has 1 N–H and O–H groups in total. The molecule has 3 nitrogen and oxygen atoms in total. The van der Waals surface area contributed by atoms with E-state index in [4.69, 9.17) is 0 Å². The summed E-state index contributed by atoms with van der Waals surface area (Å²) >= 11 is 0.